The summed E-state index contributed by atoms with van der Waals surface area (Å²) in [5.41, 5.74) is 4.95. The molecule has 0 aromatic heterocycles. The highest BCUT2D eigenvalue weighted by Gasteiger charge is 2.13. The Hall–Kier alpha value is -2.53. The van der Waals surface area contributed by atoms with E-state index in [4.69, 9.17) is 0 Å². The van der Waals surface area contributed by atoms with Crippen LogP contribution in [0.5, 0.6) is 0 Å². The van der Waals surface area contributed by atoms with Crippen LogP contribution in [0.15, 0.2) is 48.5 Å². The number of rotatable bonds is 8. The summed E-state index contributed by atoms with van der Waals surface area (Å²) in [4.78, 5) is 12.3. The molecule has 27 heavy (non-hydrogen) atoms. The van der Waals surface area contributed by atoms with Crippen molar-refractivity contribution in [1.29, 1.82) is 0 Å². The molecule has 0 saturated carbocycles. The maximum absolute atomic E-state index is 12.3. The third kappa shape index (κ3) is 8.13. The van der Waals surface area contributed by atoms with Crippen LogP contribution in [0.4, 0.5) is 0 Å². The van der Waals surface area contributed by atoms with Crippen molar-refractivity contribution in [1.82, 2.24) is 5.32 Å². The van der Waals surface area contributed by atoms with Gasteiger partial charge in [-0.25, -0.2) is 0 Å². The van der Waals surface area contributed by atoms with Crippen molar-refractivity contribution in [3.8, 4) is 11.8 Å². The molecule has 142 valence electrons. The molecular formula is C25H31NO. The summed E-state index contributed by atoms with van der Waals surface area (Å²) in [5.74, 6) is 5.60. The first-order chi connectivity index (χ1) is 13.1. The van der Waals surface area contributed by atoms with Gasteiger partial charge in [0.15, 0.2) is 0 Å². The predicted molar refractivity (Wildman–Crippen MR) is 114 cm³/mol. The molecule has 0 saturated heterocycles. The normalized spacial score (nSPS) is 10.4. The number of nitrogens with one attached hydrogen (secondary N) is 1. The average molecular weight is 362 g/mol. The predicted octanol–water partition coefficient (Wildman–Crippen LogP) is 5.16. The fourth-order valence-electron chi connectivity index (χ4n) is 3.02. The van der Waals surface area contributed by atoms with Gasteiger partial charge in [0.1, 0.15) is 0 Å². The van der Waals surface area contributed by atoms with E-state index in [0.29, 0.717) is 0 Å². The van der Waals surface area contributed by atoms with E-state index < -0.39 is 0 Å². The van der Waals surface area contributed by atoms with Crippen molar-refractivity contribution < 1.29 is 4.79 Å². The first-order valence-corrected chi connectivity index (χ1v) is 9.97. The van der Waals surface area contributed by atoms with Gasteiger partial charge in [-0.05, 0) is 50.2 Å². The zero-order valence-electron chi connectivity index (χ0n) is 16.8. The number of carbonyl (C=O) groups excluding carboxylic acids is 1. The van der Waals surface area contributed by atoms with Gasteiger partial charge in [-0.3, -0.25) is 4.79 Å². The Labute approximate surface area is 164 Å². The molecule has 2 heteroatoms. The van der Waals surface area contributed by atoms with Gasteiger partial charge in [0.2, 0.25) is 0 Å². The maximum Gasteiger partial charge on any atom is 0.296 e. The minimum absolute atomic E-state index is 0.0351. The quantitative estimate of drug-likeness (QED) is 0.511. The van der Waals surface area contributed by atoms with Crippen molar-refractivity contribution in [3.05, 3.63) is 70.8 Å². The fraction of sp³-hybridized carbons (Fsp3) is 0.400. The van der Waals surface area contributed by atoms with Crippen molar-refractivity contribution in [2.24, 2.45) is 0 Å². The van der Waals surface area contributed by atoms with Crippen LogP contribution >= 0.6 is 0 Å². The molecule has 2 rings (SSSR count). The highest BCUT2D eigenvalue weighted by atomic mass is 16.1. The van der Waals surface area contributed by atoms with Crippen molar-refractivity contribution in [2.45, 2.75) is 65.3 Å². The largest absolute Gasteiger partial charge is 0.342 e. The van der Waals surface area contributed by atoms with Crippen LogP contribution in [-0.2, 0) is 17.6 Å². The van der Waals surface area contributed by atoms with Gasteiger partial charge in [-0.15, -0.1) is 0 Å². The van der Waals surface area contributed by atoms with Crippen LogP contribution in [0.1, 0.15) is 54.9 Å². The molecule has 0 spiro atoms. The van der Waals surface area contributed by atoms with Crippen LogP contribution in [-0.4, -0.2) is 11.9 Å². The molecule has 2 nitrogen and oxygen atoms in total. The monoisotopic (exact) mass is 361 g/mol. The van der Waals surface area contributed by atoms with Crippen LogP contribution in [0.2, 0.25) is 0 Å². The molecule has 1 N–H and O–H groups in total. The van der Waals surface area contributed by atoms with E-state index in [-0.39, 0.29) is 11.9 Å². The first kappa shape index (κ1) is 20.8. The van der Waals surface area contributed by atoms with E-state index in [0.717, 1.165) is 25.7 Å². The number of hydrogen-bond donors (Lipinski definition) is 1. The van der Waals surface area contributed by atoms with E-state index in [1.807, 2.05) is 0 Å². The second-order valence-corrected chi connectivity index (χ2v) is 7.31. The fourth-order valence-corrected chi connectivity index (χ4v) is 3.02. The smallest absolute Gasteiger partial charge is 0.296 e. The summed E-state index contributed by atoms with van der Waals surface area (Å²) in [5, 5.41) is 3.12. The Morgan fingerprint density at radius 3 is 1.89 bits per heavy atom. The molecule has 0 aliphatic heterocycles. The van der Waals surface area contributed by atoms with E-state index in [1.165, 1.54) is 35.1 Å². The summed E-state index contributed by atoms with van der Waals surface area (Å²) >= 11 is 0. The van der Waals surface area contributed by atoms with Crippen LogP contribution in [0.3, 0.4) is 0 Å². The minimum Gasteiger partial charge on any atom is -0.342 e. The lowest BCUT2D eigenvalue weighted by molar-refractivity contribution is -0.116. The molecule has 0 radical (unpaired) electrons. The van der Waals surface area contributed by atoms with Crippen molar-refractivity contribution in [2.75, 3.05) is 0 Å². The van der Waals surface area contributed by atoms with E-state index >= 15 is 0 Å². The summed E-state index contributed by atoms with van der Waals surface area (Å²) in [6.45, 7) is 6.34. The van der Waals surface area contributed by atoms with Gasteiger partial charge < -0.3 is 5.32 Å². The highest BCUT2D eigenvalue weighted by molar-refractivity contribution is 5.93. The third-order valence-corrected chi connectivity index (χ3v) is 4.65. The van der Waals surface area contributed by atoms with Crippen LogP contribution in [0, 0.1) is 25.7 Å². The van der Waals surface area contributed by atoms with Gasteiger partial charge in [-0.2, -0.15) is 0 Å². The summed E-state index contributed by atoms with van der Waals surface area (Å²) < 4.78 is 0. The molecule has 0 aliphatic rings. The molecule has 2 aromatic rings. The van der Waals surface area contributed by atoms with Crippen molar-refractivity contribution in [3.63, 3.8) is 0 Å². The van der Waals surface area contributed by atoms with Gasteiger partial charge in [-0.1, -0.05) is 85.3 Å². The molecular weight excluding hydrogens is 330 g/mol. The summed E-state index contributed by atoms with van der Waals surface area (Å²) in [6.07, 6.45) is 5.80. The molecule has 0 heterocycles. The van der Waals surface area contributed by atoms with E-state index in [2.05, 4.69) is 86.5 Å². The molecule has 0 fully saturated rings. The van der Waals surface area contributed by atoms with Gasteiger partial charge in [0.05, 0.1) is 0 Å². The second kappa shape index (κ2) is 11.2. The Balaban J connectivity index is 2.02. The lowest BCUT2D eigenvalue weighted by Crippen LogP contribution is -2.37. The van der Waals surface area contributed by atoms with Gasteiger partial charge >= 0.3 is 0 Å². The van der Waals surface area contributed by atoms with E-state index in [1.54, 1.807) is 0 Å². The molecule has 0 aliphatic carbocycles. The molecule has 0 atom stereocenters. The lowest BCUT2D eigenvalue weighted by atomic mass is 9.97. The lowest BCUT2D eigenvalue weighted by Gasteiger charge is -2.18. The number of amides is 1. The maximum atomic E-state index is 12.3. The van der Waals surface area contributed by atoms with Crippen molar-refractivity contribution >= 4 is 5.91 Å². The second-order valence-electron chi connectivity index (χ2n) is 7.31. The zero-order chi connectivity index (χ0) is 19.5. The summed E-state index contributed by atoms with van der Waals surface area (Å²) in [6, 6.07) is 17.1. The van der Waals surface area contributed by atoms with Crippen LogP contribution in [0.25, 0.3) is 0 Å². The molecule has 0 unspecified atom stereocenters. The topological polar surface area (TPSA) is 29.1 Å². The number of unbranched alkanes of at least 4 members (excludes halogenated alkanes) is 3. The molecule has 1 amide bonds. The third-order valence-electron chi connectivity index (χ3n) is 4.65. The number of hydrogen-bond acceptors (Lipinski definition) is 1. The Bertz CT molecular complexity index is 715. The Kier molecular flexibility index (Phi) is 8.65. The highest BCUT2D eigenvalue weighted by Crippen LogP contribution is 2.12. The van der Waals surface area contributed by atoms with Gasteiger partial charge in [0.25, 0.3) is 5.91 Å². The minimum atomic E-state index is -0.171. The first-order valence-electron chi connectivity index (χ1n) is 9.97. The van der Waals surface area contributed by atoms with E-state index in [9.17, 15) is 4.79 Å². The number of aryl methyl sites for hydroxylation is 2. The Morgan fingerprint density at radius 1 is 0.889 bits per heavy atom. The SMILES string of the molecule is CCCCCC#CC(=O)NC(Cc1ccc(C)cc1)Cc1ccc(C)cc1. The zero-order valence-corrected chi connectivity index (χ0v) is 16.8. The Morgan fingerprint density at radius 2 is 1.41 bits per heavy atom. The molecule has 0 bridgehead atoms. The van der Waals surface area contributed by atoms with Crippen LogP contribution < -0.4 is 5.32 Å². The standard InChI is InChI=1S/C25H31NO/c1-4-5-6-7-8-9-25(27)26-24(18-22-14-10-20(2)11-15-22)19-23-16-12-21(3)13-17-23/h10-17,24H,4-7,18-19H2,1-3H3,(H,26,27). The average Bonchev–Trinajstić information content (AvgIpc) is 2.65. The number of benzene rings is 2. The number of carbonyl (C=O) groups is 1. The summed E-state index contributed by atoms with van der Waals surface area (Å²) in [7, 11) is 0. The van der Waals surface area contributed by atoms with Gasteiger partial charge in [0, 0.05) is 12.5 Å². The molecule has 2 aromatic carbocycles.